The summed E-state index contributed by atoms with van der Waals surface area (Å²) in [5.74, 6) is 4.08. The van der Waals surface area contributed by atoms with Crippen LogP contribution in [0.15, 0.2) is 212 Å². The van der Waals surface area contributed by atoms with Crippen molar-refractivity contribution in [1.82, 2.24) is 24.9 Å². The SMILES string of the molecule is c1ccc(-c2cc(-c3cccc4c3-c3c(-c5nc(-c6ccccc6)nc(-c6ccccc6)n5)cccc3C43c4ccccc4Oc4ccccc43)nc(-c3ccccc3)n2)cc1. The van der Waals surface area contributed by atoms with Crippen LogP contribution in [0.5, 0.6) is 11.5 Å². The van der Waals surface area contributed by atoms with Crippen LogP contribution in [0.2, 0.25) is 0 Å². The van der Waals surface area contributed by atoms with Crippen LogP contribution in [-0.4, -0.2) is 24.9 Å². The molecule has 0 amide bonds. The Kier molecular flexibility index (Phi) is 8.28. The monoisotopic (exact) mass is 793 g/mol. The van der Waals surface area contributed by atoms with Crippen LogP contribution >= 0.6 is 0 Å². The van der Waals surface area contributed by atoms with Crippen LogP contribution in [0.4, 0.5) is 0 Å². The number of fused-ring (bicyclic) bond motifs is 9. The lowest BCUT2D eigenvalue weighted by Crippen LogP contribution is -2.32. The normalized spacial score (nSPS) is 12.8. The van der Waals surface area contributed by atoms with Crippen LogP contribution in [0.1, 0.15) is 22.3 Å². The third-order valence-electron chi connectivity index (χ3n) is 12.0. The van der Waals surface area contributed by atoms with E-state index in [9.17, 15) is 0 Å². The second kappa shape index (κ2) is 14.4. The molecule has 0 bridgehead atoms. The van der Waals surface area contributed by atoms with Crippen molar-refractivity contribution in [3.8, 4) is 90.7 Å². The lowest BCUT2D eigenvalue weighted by Gasteiger charge is -2.39. The Morgan fingerprint density at radius 3 is 1.21 bits per heavy atom. The van der Waals surface area contributed by atoms with Gasteiger partial charge in [0.2, 0.25) is 0 Å². The number of hydrogen-bond acceptors (Lipinski definition) is 6. The van der Waals surface area contributed by atoms with Gasteiger partial charge < -0.3 is 4.74 Å². The molecule has 3 heterocycles. The Hall–Kier alpha value is -8.35. The van der Waals surface area contributed by atoms with E-state index in [4.69, 9.17) is 29.7 Å². The lowest BCUT2D eigenvalue weighted by atomic mass is 9.66. The minimum absolute atomic E-state index is 0.582. The Balaban J connectivity index is 1.21. The van der Waals surface area contributed by atoms with Crippen molar-refractivity contribution < 1.29 is 4.74 Å². The summed E-state index contributed by atoms with van der Waals surface area (Å²) < 4.78 is 6.73. The zero-order valence-corrected chi connectivity index (χ0v) is 33.4. The molecule has 290 valence electrons. The highest BCUT2D eigenvalue weighted by molar-refractivity contribution is 6.01. The number of nitrogens with zero attached hydrogens (tertiary/aromatic N) is 5. The van der Waals surface area contributed by atoms with Crippen LogP contribution in [-0.2, 0) is 5.41 Å². The van der Waals surface area contributed by atoms with E-state index < -0.39 is 5.41 Å². The number of rotatable bonds is 6. The maximum atomic E-state index is 6.73. The Bertz CT molecular complexity index is 2980. The zero-order valence-electron chi connectivity index (χ0n) is 33.4. The van der Waals surface area contributed by atoms with Gasteiger partial charge in [0.1, 0.15) is 11.5 Å². The zero-order chi connectivity index (χ0) is 41.0. The summed E-state index contributed by atoms with van der Waals surface area (Å²) >= 11 is 0. The topological polar surface area (TPSA) is 73.7 Å². The molecule has 0 saturated heterocycles. The molecule has 12 rings (SSSR count). The van der Waals surface area contributed by atoms with Gasteiger partial charge in [0.15, 0.2) is 23.3 Å². The lowest BCUT2D eigenvalue weighted by molar-refractivity contribution is 0.436. The van der Waals surface area contributed by atoms with Gasteiger partial charge in [0.05, 0.1) is 16.8 Å². The van der Waals surface area contributed by atoms with Crippen LogP contribution < -0.4 is 4.74 Å². The van der Waals surface area contributed by atoms with E-state index in [1.807, 2.05) is 109 Å². The molecular formula is C56H35N5O. The van der Waals surface area contributed by atoms with Crippen LogP contribution in [0, 0.1) is 0 Å². The molecule has 8 aromatic carbocycles. The van der Waals surface area contributed by atoms with Gasteiger partial charge in [0, 0.05) is 44.5 Å². The third-order valence-corrected chi connectivity index (χ3v) is 12.0. The number of para-hydroxylation sites is 2. The molecule has 0 atom stereocenters. The van der Waals surface area contributed by atoms with E-state index in [2.05, 4.69) is 103 Å². The van der Waals surface area contributed by atoms with E-state index in [0.29, 0.717) is 23.3 Å². The largest absolute Gasteiger partial charge is 0.457 e. The first-order valence-electron chi connectivity index (χ1n) is 20.8. The van der Waals surface area contributed by atoms with Crippen molar-refractivity contribution in [2.24, 2.45) is 0 Å². The summed E-state index contributed by atoms with van der Waals surface area (Å²) in [4.78, 5) is 26.3. The molecule has 1 spiro atoms. The first kappa shape index (κ1) is 35.6. The number of ether oxygens (including phenoxy) is 1. The van der Waals surface area contributed by atoms with Gasteiger partial charge in [-0.3, -0.25) is 0 Å². The van der Waals surface area contributed by atoms with Gasteiger partial charge >= 0.3 is 0 Å². The fraction of sp³-hybridized carbons (Fsp3) is 0.0179. The van der Waals surface area contributed by atoms with Gasteiger partial charge in [0.25, 0.3) is 0 Å². The Morgan fingerprint density at radius 2 is 0.677 bits per heavy atom. The molecule has 2 aromatic heterocycles. The maximum absolute atomic E-state index is 6.73. The molecule has 0 saturated carbocycles. The molecule has 62 heavy (non-hydrogen) atoms. The van der Waals surface area contributed by atoms with Gasteiger partial charge in [-0.05, 0) is 40.5 Å². The fourth-order valence-electron chi connectivity index (χ4n) is 9.38. The average molecular weight is 794 g/mol. The highest BCUT2D eigenvalue weighted by Crippen LogP contribution is 2.64. The van der Waals surface area contributed by atoms with Crippen molar-refractivity contribution in [1.29, 1.82) is 0 Å². The summed E-state index contributed by atoms with van der Waals surface area (Å²) in [7, 11) is 0. The number of benzene rings is 8. The molecule has 1 aliphatic heterocycles. The van der Waals surface area contributed by atoms with Gasteiger partial charge in [-0.15, -0.1) is 0 Å². The van der Waals surface area contributed by atoms with Crippen molar-refractivity contribution in [3.05, 3.63) is 235 Å². The number of aromatic nitrogens is 5. The summed E-state index contributed by atoms with van der Waals surface area (Å²) in [6, 6.07) is 73.0. The summed E-state index contributed by atoms with van der Waals surface area (Å²) in [6.07, 6.45) is 0. The summed E-state index contributed by atoms with van der Waals surface area (Å²) in [6.45, 7) is 0. The molecule has 0 unspecified atom stereocenters. The molecular weight excluding hydrogens is 759 g/mol. The standard InChI is InChI=1S/C56H35N5O/c1-5-19-36(20-6-1)46-35-47(58-52(57-46)37-21-7-2-8-22-37)40-27-17-31-44-50(40)51-41(55-60-53(38-23-9-3-10-24-38)59-54(61-55)39-25-11-4-12-26-39)28-18-32-45(51)56(44)42-29-13-15-33-48(42)62-49-34-16-14-30-43(49)56/h1-35H. The first-order chi connectivity index (χ1) is 30.7. The molecule has 0 radical (unpaired) electrons. The Morgan fingerprint density at radius 1 is 0.290 bits per heavy atom. The molecule has 6 heteroatoms. The smallest absolute Gasteiger partial charge is 0.164 e. The molecule has 0 N–H and O–H groups in total. The predicted molar refractivity (Wildman–Crippen MR) is 245 cm³/mol. The minimum atomic E-state index is -0.753. The van der Waals surface area contributed by atoms with Gasteiger partial charge in [-0.1, -0.05) is 194 Å². The number of hydrogen-bond donors (Lipinski definition) is 0. The quantitative estimate of drug-likeness (QED) is 0.167. The highest BCUT2D eigenvalue weighted by Gasteiger charge is 2.52. The fourth-order valence-corrected chi connectivity index (χ4v) is 9.38. The van der Waals surface area contributed by atoms with Crippen molar-refractivity contribution >= 4 is 0 Å². The van der Waals surface area contributed by atoms with Gasteiger partial charge in [-0.2, -0.15) is 0 Å². The molecule has 10 aromatic rings. The Labute approximate surface area is 359 Å². The maximum Gasteiger partial charge on any atom is 0.164 e. The van der Waals surface area contributed by atoms with Crippen LogP contribution in [0.3, 0.4) is 0 Å². The molecule has 1 aliphatic carbocycles. The average Bonchev–Trinajstić information content (AvgIpc) is 3.65. The second-order valence-corrected chi connectivity index (χ2v) is 15.5. The highest BCUT2D eigenvalue weighted by atomic mass is 16.5. The van der Waals surface area contributed by atoms with Crippen molar-refractivity contribution in [3.63, 3.8) is 0 Å². The van der Waals surface area contributed by atoms with Crippen LogP contribution in [0.25, 0.3) is 79.2 Å². The summed E-state index contributed by atoms with van der Waals surface area (Å²) in [5.41, 5.74) is 13.0. The van der Waals surface area contributed by atoms with Gasteiger partial charge in [-0.25, -0.2) is 24.9 Å². The van der Waals surface area contributed by atoms with Crippen molar-refractivity contribution in [2.45, 2.75) is 5.41 Å². The molecule has 6 nitrogen and oxygen atoms in total. The molecule has 2 aliphatic rings. The van der Waals surface area contributed by atoms with E-state index in [-0.39, 0.29) is 0 Å². The summed E-state index contributed by atoms with van der Waals surface area (Å²) in [5, 5.41) is 0. The second-order valence-electron chi connectivity index (χ2n) is 15.5. The van der Waals surface area contributed by atoms with E-state index in [0.717, 1.165) is 89.6 Å². The third kappa shape index (κ3) is 5.61. The van der Waals surface area contributed by atoms with E-state index in [1.165, 1.54) is 0 Å². The molecule has 0 fully saturated rings. The van der Waals surface area contributed by atoms with Crippen molar-refractivity contribution in [2.75, 3.05) is 0 Å². The minimum Gasteiger partial charge on any atom is -0.457 e. The van der Waals surface area contributed by atoms with E-state index >= 15 is 0 Å². The predicted octanol–water partition coefficient (Wildman–Crippen LogP) is 13.1. The van der Waals surface area contributed by atoms with E-state index in [1.54, 1.807) is 0 Å². The first-order valence-corrected chi connectivity index (χ1v) is 20.8.